The molecule has 0 aliphatic carbocycles. The van der Waals surface area contributed by atoms with Crippen LogP contribution in [-0.4, -0.2) is 43.1 Å². The van der Waals surface area contributed by atoms with Crippen LogP contribution in [0.1, 0.15) is 11.1 Å². The van der Waals surface area contributed by atoms with Gasteiger partial charge in [-0.1, -0.05) is 72.8 Å². The lowest BCUT2D eigenvalue weighted by Gasteiger charge is -2.28. The number of nitrogens with one attached hydrogen (secondary N) is 2. The second kappa shape index (κ2) is 10.5. The minimum Gasteiger partial charge on any atom is -0.491 e. The van der Waals surface area contributed by atoms with E-state index in [-0.39, 0.29) is 18.5 Å². The van der Waals surface area contributed by atoms with E-state index in [0.717, 1.165) is 28.9 Å². The first-order valence-corrected chi connectivity index (χ1v) is 10.8. The Hall–Kier alpha value is -3.80. The summed E-state index contributed by atoms with van der Waals surface area (Å²) in [5.74, 6) is 0.530. The van der Waals surface area contributed by atoms with Crippen LogP contribution in [0.2, 0.25) is 0 Å². The molecule has 6 heteroatoms. The van der Waals surface area contributed by atoms with Crippen molar-refractivity contribution >= 4 is 11.9 Å². The molecule has 3 aromatic rings. The van der Waals surface area contributed by atoms with E-state index in [0.29, 0.717) is 26.2 Å². The van der Waals surface area contributed by atoms with Gasteiger partial charge in [0.1, 0.15) is 12.4 Å². The second-order valence-electron chi connectivity index (χ2n) is 7.66. The van der Waals surface area contributed by atoms with Crippen molar-refractivity contribution in [1.29, 1.82) is 0 Å². The summed E-state index contributed by atoms with van der Waals surface area (Å²) in [7, 11) is 0. The number of para-hydroxylation sites is 1. The Labute approximate surface area is 188 Å². The monoisotopic (exact) mass is 429 g/mol. The van der Waals surface area contributed by atoms with Crippen LogP contribution in [0, 0.1) is 0 Å². The van der Waals surface area contributed by atoms with Crippen LogP contribution in [0.15, 0.2) is 78.9 Å². The van der Waals surface area contributed by atoms with Crippen LogP contribution in [-0.2, 0) is 17.8 Å². The van der Waals surface area contributed by atoms with Crippen molar-refractivity contribution in [2.75, 3.05) is 26.2 Å². The van der Waals surface area contributed by atoms with E-state index in [1.54, 1.807) is 4.90 Å². The number of ether oxygens (including phenoxy) is 1. The normalized spacial score (nSPS) is 12.6. The Balaban J connectivity index is 1.19. The van der Waals surface area contributed by atoms with Crippen LogP contribution in [0.5, 0.6) is 5.75 Å². The van der Waals surface area contributed by atoms with Gasteiger partial charge in [0.25, 0.3) is 0 Å². The van der Waals surface area contributed by atoms with Crippen molar-refractivity contribution in [3.05, 3.63) is 90.0 Å². The first-order valence-electron chi connectivity index (χ1n) is 10.8. The zero-order valence-electron chi connectivity index (χ0n) is 17.9. The second-order valence-corrected chi connectivity index (χ2v) is 7.66. The van der Waals surface area contributed by atoms with Gasteiger partial charge >= 0.3 is 6.03 Å². The minimum atomic E-state index is -0.240. The number of carbonyl (C=O) groups excluding carboxylic acids is 2. The molecule has 0 saturated carbocycles. The van der Waals surface area contributed by atoms with Gasteiger partial charge in [0.15, 0.2) is 0 Å². The fourth-order valence-electron chi connectivity index (χ4n) is 3.80. The molecule has 0 atom stereocenters. The summed E-state index contributed by atoms with van der Waals surface area (Å²) in [6.45, 7) is 1.86. The standard InChI is InChI=1S/C26H27N3O3/c30-25(18-28-26(31)29-16-14-20-8-4-5-11-22(20)19-29)27-15-17-32-24-13-7-6-12-23(24)21-9-2-1-3-10-21/h1-13H,14-19H2,(H,27,30)(H,28,31). The number of hydrogen-bond donors (Lipinski definition) is 2. The molecule has 0 aromatic heterocycles. The predicted octanol–water partition coefficient (Wildman–Crippen LogP) is 3.62. The van der Waals surface area contributed by atoms with Gasteiger partial charge in [0.2, 0.25) is 5.91 Å². The first kappa shape index (κ1) is 21.4. The summed E-state index contributed by atoms with van der Waals surface area (Å²) in [5, 5.41) is 5.50. The van der Waals surface area contributed by atoms with E-state index in [1.165, 1.54) is 5.56 Å². The van der Waals surface area contributed by atoms with Crippen molar-refractivity contribution in [3.63, 3.8) is 0 Å². The quantitative estimate of drug-likeness (QED) is 0.564. The van der Waals surface area contributed by atoms with E-state index in [9.17, 15) is 9.59 Å². The number of benzene rings is 3. The molecule has 0 spiro atoms. The highest BCUT2D eigenvalue weighted by atomic mass is 16.5. The number of carbonyl (C=O) groups is 2. The van der Waals surface area contributed by atoms with Crippen LogP contribution in [0.3, 0.4) is 0 Å². The van der Waals surface area contributed by atoms with Gasteiger partial charge in [-0.3, -0.25) is 4.79 Å². The van der Waals surface area contributed by atoms with Crippen LogP contribution in [0.4, 0.5) is 4.79 Å². The van der Waals surface area contributed by atoms with E-state index < -0.39 is 0 Å². The molecule has 1 heterocycles. The van der Waals surface area contributed by atoms with Crippen LogP contribution < -0.4 is 15.4 Å². The van der Waals surface area contributed by atoms with Crippen LogP contribution >= 0.6 is 0 Å². The molecule has 2 N–H and O–H groups in total. The van der Waals surface area contributed by atoms with Crippen molar-refractivity contribution in [2.24, 2.45) is 0 Å². The molecule has 6 nitrogen and oxygen atoms in total. The van der Waals surface area contributed by atoms with Gasteiger partial charge in [-0.05, 0) is 29.2 Å². The SMILES string of the molecule is O=C(CNC(=O)N1CCc2ccccc2C1)NCCOc1ccccc1-c1ccccc1. The maximum absolute atomic E-state index is 12.4. The fraction of sp³-hybridized carbons (Fsp3) is 0.231. The van der Waals surface area contributed by atoms with Crippen molar-refractivity contribution < 1.29 is 14.3 Å². The molecule has 0 unspecified atom stereocenters. The highest BCUT2D eigenvalue weighted by Crippen LogP contribution is 2.29. The molecule has 0 bridgehead atoms. The summed E-state index contributed by atoms with van der Waals surface area (Å²) in [6, 6.07) is 25.8. The number of rotatable bonds is 7. The number of amides is 3. The third-order valence-electron chi connectivity index (χ3n) is 5.47. The number of nitrogens with zero attached hydrogens (tertiary/aromatic N) is 1. The molecule has 0 radical (unpaired) electrons. The fourth-order valence-corrected chi connectivity index (χ4v) is 3.80. The molecule has 1 aliphatic heterocycles. The van der Waals surface area contributed by atoms with E-state index in [2.05, 4.69) is 16.7 Å². The summed E-state index contributed by atoms with van der Waals surface area (Å²) in [5.41, 5.74) is 4.53. The smallest absolute Gasteiger partial charge is 0.318 e. The largest absolute Gasteiger partial charge is 0.491 e. The molecule has 1 aliphatic rings. The Bertz CT molecular complexity index is 1070. The summed E-state index contributed by atoms with van der Waals surface area (Å²) < 4.78 is 5.89. The van der Waals surface area contributed by atoms with Crippen molar-refractivity contribution in [1.82, 2.24) is 15.5 Å². The lowest BCUT2D eigenvalue weighted by molar-refractivity contribution is -0.120. The zero-order chi connectivity index (χ0) is 22.2. The van der Waals surface area contributed by atoms with E-state index >= 15 is 0 Å². The van der Waals surface area contributed by atoms with E-state index in [1.807, 2.05) is 72.8 Å². The highest BCUT2D eigenvalue weighted by molar-refractivity contribution is 5.84. The molecular weight excluding hydrogens is 402 g/mol. The maximum atomic E-state index is 12.4. The number of hydrogen-bond acceptors (Lipinski definition) is 3. The van der Waals surface area contributed by atoms with E-state index in [4.69, 9.17) is 4.74 Å². The molecule has 0 saturated heterocycles. The third kappa shape index (κ3) is 5.46. The summed E-state index contributed by atoms with van der Waals surface area (Å²) in [6.07, 6.45) is 0.831. The summed E-state index contributed by atoms with van der Waals surface area (Å²) in [4.78, 5) is 26.3. The zero-order valence-corrected chi connectivity index (χ0v) is 17.9. The molecule has 0 fully saturated rings. The average molecular weight is 430 g/mol. The third-order valence-corrected chi connectivity index (χ3v) is 5.47. The topological polar surface area (TPSA) is 70.7 Å². The lowest BCUT2D eigenvalue weighted by atomic mass is 10.0. The molecule has 32 heavy (non-hydrogen) atoms. The Kier molecular flexibility index (Phi) is 7.02. The average Bonchev–Trinajstić information content (AvgIpc) is 2.85. The molecule has 4 rings (SSSR count). The molecule has 3 amide bonds. The number of fused-ring (bicyclic) bond motifs is 1. The van der Waals surface area contributed by atoms with Gasteiger partial charge in [-0.15, -0.1) is 0 Å². The highest BCUT2D eigenvalue weighted by Gasteiger charge is 2.20. The summed E-state index contributed by atoms with van der Waals surface area (Å²) >= 11 is 0. The maximum Gasteiger partial charge on any atom is 0.318 e. The van der Waals surface area contributed by atoms with Gasteiger partial charge in [0, 0.05) is 18.7 Å². The van der Waals surface area contributed by atoms with Gasteiger partial charge < -0.3 is 20.3 Å². The molecule has 164 valence electrons. The predicted molar refractivity (Wildman–Crippen MR) is 124 cm³/mol. The Morgan fingerprint density at radius 3 is 2.41 bits per heavy atom. The molecular formula is C26H27N3O3. The van der Waals surface area contributed by atoms with Gasteiger partial charge in [-0.25, -0.2) is 4.79 Å². The van der Waals surface area contributed by atoms with Crippen molar-refractivity contribution in [2.45, 2.75) is 13.0 Å². The van der Waals surface area contributed by atoms with Crippen LogP contribution in [0.25, 0.3) is 11.1 Å². The van der Waals surface area contributed by atoms with Gasteiger partial charge in [-0.2, -0.15) is 0 Å². The Morgan fingerprint density at radius 1 is 0.844 bits per heavy atom. The first-order chi connectivity index (χ1) is 15.7. The van der Waals surface area contributed by atoms with Gasteiger partial charge in [0.05, 0.1) is 13.1 Å². The lowest BCUT2D eigenvalue weighted by Crippen LogP contribution is -2.46. The minimum absolute atomic E-state index is 0.0580. The Morgan fingerprint density at radius 2 is 1.56 bits per heavy atom. The van der Waals surface area contributed by atoms with Crippen molar-refractivity contribution in [3.8, 4) is 16.9 Å². The number of urea groups is 1. The molecule has 3 aromatic carbocycles.